The van der Waals surface area contributed by atoms with Gasteiger partial charge >= 0.3 is 0 Å². The first-order valence-corrected chi connectivity index (χ1v) is 7.52. The van der Waals surface area contributed by atoms with Crippen LogP contribution in [0.3, 0.4) is 0 Å². The van der Waals surface area contributed by atoms with Crippen LogP contribution in [0.5, 0.6) is 0 Å². The van der Waals surface area contributed by atoms with Crippen LogP contribution in [0.15, 0.2) is 36.4 Å². The molecule has 1 aromatic heterocycles. The van der Waals surface area contributed by atoms with E-state index in [2.05, 4.69) is 31.8 Å². The van der Waals surface area contributed by atoms with Crippen LogP contribution in [0.1, 0.15) is 6.92 Å². The number of hydrogen-bond donors (Lipinski definition) is 2. The molecule has 0 unspecified atom stereocenters. The summed E-state index contributed by atoms with van der Waals surface area (Å²) >= 11 is 0. The molecular formula is C16H19N5O2. The van der Waals surface area contributed by atoms with Gasteiger partial charge in [0.25, 0.3) is 0 Å². The Morgan fingerprint density at radius 2 is 1.78 bits per heavy atom. The van der Waals surface area contributed by atoms with Crippen molar-refractivity contribution >= 4 is 28.9 Å². The maximum Gasteiger partial charge on any atom is 0.222 e. The number of para-hydroxylation sites is 2. The molecule has 2 N–H and O–H groups in total. The molecule has 1 saturated heterocycles. The third kappa shape index (κ3) is 3.95. The van der Waals surface area contributed by atoms with Crippen LogP contribution in [-0.2, 0) is 9.53 Å². The number of aromatic nitrogens is 2. The van der Waals surface area contributed by atoms with Gasteiger partial charge < -0.3 is 20.3 Å². The normalized spacial score (nSPS) is 14.4. The Balaban J connectivity index is 1.76. The second-order valence-corrected chi connectivity index (χ2v) is 5.23. The Labute approximate surface area is 134 Å². The van der Waals surface area contributed by atoms with Crippen molar-refractivity contribution in [3.63, 3.8) is 0 Å². The summed E-state index contributed by atoms with van der Waals surface area (Å²) in [5.74, 6) is 0.891. The molecule has 0 spiro atoms. The molecule has 2 aromatic rings. The predicted octanol–water partition coefficient (Wildman–Crippen LogP) is 2.02. The lowest BCUT2D eigenvalue weighted by Gasteiger charge is -2.30. The molecule has 0 bridgehead atoms. The molecule has 0 radical (unpaired) electrons. The van der Waals surface area contributed by atoms with E-state index in [0.29, 0.717) is 11.6 Å². The number of nitrogens with zero attached hydrogens (tertiary/aromatic N) is 3. The lowest BCUT2D eigenvalue weighted by molar-refractivity contribution is -0.114. The zero-order valence-corrected chi connectivity index (χ0v) is 13.0. The molecule has 23 heavy (non-hydrogen) atoms. The Kier molecular flexibility index (Phi) is 4.68. The van der Waals surface area contributed by atoms with Crippen LogP contribution in [0, 0.1) is 0 Å². The highest BCUT2D eigenvalue weighted by molar-refractivity contribution is 5.87. The van der Waals surface area contributed by atoms with Gasteiger partial charge in [-0.2, -0.15) is 0 Å². The fourth-order valence-electron chi connectivity index (χ4n) is 2.44. The predicted molar refractivity (Wildman–Crippen MR) is 89.1 cm³/mol. The topological polar surface area (TPSA) is 79.4 Å². The zero-order valence-electron chi connectivity index (χ0n) is 13.0. The van der Waals surface area contributed by atoms with Gasteiger partial charge in [0.2, 0.25) is 5.91 Å². The Hall–Kier alpha value is -2.67. The van der Waals surface area contributed by atoms with Crippen LogP contribution >= 0.6 is 0 Å². The number of anilines is 4. The Morgan fingerprint density at radius 1 is 1.09 bits per heavy atom. The van der Waals surface area contributed by atoms with Crippen molar-refractivity contribution in [2.75, 3.05) is 41.8 Å². The average molecular weight is 313 g/mol. The van der Waals surface area contributed by atoms with Gasteiger partial charge in [0, 0.05) is 20.0 Å². The van der Waals surface area contributed by atoms with E-state index in [-0.39, 0.29) is 5.91 Å². The van der Waals surface area contributed by atoms with Crippen molar-refractivity contribution in [2.45, 2.75) is 6.92 Å². The van der Waals surface area contributed by atoms with E-state index in [4.69, 9.17) is 4.74 Å². The minimum atomic E-state index is -0.169. The number of ether oxygens (including phenoxy) is 1. The molecule has 0 atom stereocenters. The van der Waals surface area contributed by atoms with Crippen molar-refractivity contribution < 1.29 is 9.53 Å². The van der Waals surface area contributed by atoms with Gasteiger partial charge in [-0.3, -0.25) is 4.79 Å². The van der Waals surface area contributed by atoms with Crippen LogP contribution in [0.25, 0.3) is 0 Å². The summed E-state index contributed by atoms with van der Waals surface area (Å²) in [5.41, 5.74) is 2.08. The third-order valence-corrected chi connectivity index (χ3v) is 3.49. The fourth-order valence-corrected chi connectivity index (χ4v) is 2.44. The molecular weight excluding hydrogens is 294 g/mol. The van der Waals surface area contributed by atoms with Crippen LogP contribution < -0.4 is 15.5 Å². The molecule has 0 aliphatic carbocycles. The molecule has 0 saturated carbocycles. The van der Waals surface area contributed by atoms with E-state index in [0.717, 1.165) is 37.7 Å². The number of benzene rings is 1. The summed E-state index contributed by atoms with van der Waals surface area (Å²) in [4.78, 5) is 13.3. The maximum absolute atomic E-state index is 11.0. The van der Waals surface area contributed by atoms with Crippen LogP contribution in [-0.4, -0.2) is 42.4 Å². The average Bonchev–Trinajstić information content (AvgIpc) is 2.57. The Morgan fingerprint density at radius 3 is 2.48 bits per heavy atom. The molecule has 1 aromatic carbocycles. The zero-order chi connectivity index (χ0) is 16.1. The van der Waals surface area contributed by atoms with Crippen molar-refractivity contribution in [2.24, 2.45) is 0 Å². The summed E-state index contributed by atoms with van der Waals surface area (Å²) in [6.07, 6.45) is 0. The first-order chi connectivity index (χ1) is 11.2. The number of carbonyl (C=O) groups excluding carboxylic acids is 1. The van der Waals surface area contributed by atoms with E-state index >= 15 is 0 Å². The number of nitrogens with one attached hydrogen (secondary N) is 2. The highest BCUT2D eigenvalue weighted by Gasteiger charge is 2.14. The fraction of sp³-hybridized carbons (Fsp3) is 0.312. The van der Waals surface area contributed by atoms with Crippen molar-refractivity contribution in [3.8, 4) is 0 Å². The van der Waals surface area contributed by atoms with Crippen LogP contribution in [0.4, 0.5) is 23.0 Å². The first kappa shape index (κ1) is 15.2. The summed E-state index contributed by atoms with van der Waals surface area (Å²) in [7, 11) is 0. The number of carbonyl (C=O) groups is 1. The molecule has 2 heterocycles. The highest BCUT2D eigenvalue weighted by Crippen LogP contribution is 2.28. The van der Waals surface area contributed by atoms with Gasteiger partial charge in [-0.1, -0.05) is 12.1 Å². The Bertz CT molecular complexity index is 668. The van der Waals surface area contributed by atoms with Gasteiger partial charge in [0.05, 0.1) is 24.6 Å². The van der Waals surface area contributed by atoms with Gasteiger partial charge in [-0.15, -0.1) is 10.2 Å². The molecule has 1 aliphatic heterocycles. The SMILES string of the molecule is CC(=O)Nc1ccc(Nc2ccccc2N2CCOCC2)nn1. The third-order valence-electron chi connectivity index (χ3n) is 3.49. The second kappa shape index (κ2) is 7.06. The summed E-state index contributed by atoms with van der Waals surface area (Å²) in [5, 5.41) is 14.0. The molecule has 1 fully saturated rings. The summed E-state index contributed by atoms with van der Waals surface area (Å²) in [6, 6.07) is 11.6. The van der Waals surface area contributed by atoms with Gasteiger partial charge in [0.15, 0.2) is 11.6 Å². The maximum atomic E-state index is 11.0. The van der Waals surface area contributed by atoms with E-state index < -0.39 is 0 Å². The summed E-state index contributed by atoms with van der Waals surface area (Å²) < 4.78 is 5.41. The van der Waals surface area contributed by atoms with E-state index in [1.54, 1.807) is 12.1 Å². The first-order valence-electron chi connectivity index (χ1n) is 7.52. The molecule has 3 rings (SSSR count). The standard InChI is InChI=1S/C16H19N5O2/c1-12(22)17-15-6-7-16(20-19-15)18-13-4-2-3-5-14(13)21-8-10-23-11-9-21/h2-7H,8-11H2,1H3,(H,18,20)(H,17,19,22). The molecule has 1 amide bonds. The lowest BCUT2D eigenvalue weighted by atomic mass is 10.2. The van der Waals surface area contributed by atoms with Gasteiger partial charge in [0.1, 0.15) is 0 Å². The van der Waals surface area contributed by atoms with Crippen molar-refractivity contribution in [1.82, 2.24) is 10.2 Å². The minimum Gasteiger partial charge on any atom is -0.378 e. The van der Waals surface area contributed by atoms with Crippen LogP contribution in [0.2, 0.25) is 0 Å². The number of morpholine rings is 1. The van der Waals surface area contributed by atoms with Crippen molar-refractivity contribution in [1.29, 1.82) is 0 Å². The van der Waals surface area contributed by atoms with E-state index in [1.807, 2.05) is 18.2 Å². The van der Waals surface area contributed by atoms with Crippen molar-refractivity contribution in [3.05, 3.63) is 36.4 Å². The van der Waals surface area contributed by atoms with E-state index in [9.17, 15) is 4.79 Å². The highest BCUT2D eigenvalue weighted by atomic mass is 16.5. The quantitative estimate of drug-likeness (QED) is 0.899. The minimum absolute atomic E-state index is 0.169. The summed E-state index contributed by atoms with van der Waals surface area (Å²) in [6.45, 7) is 4.64. The number of hydrogen-bond acceptors (Lipinski definition) is 6. The van der Waals surface area contributed by atoms with E-state index in [1.165, 1.54) is 6.92 Å². The van der Waals surface area contributed by atoms with Gasteiger partial charge in [-0.05, 0) is 24.3 Å². The molecule has 7 heteroatoms. The van der Waals surface area contributed by atoms with Gasteiger partial charge in [-0.25, -0.2) is 0 Å². The smallest absolute Gasteiger partial charge is 0.222 e. The second-order valence-electron chi connectivity index (χ2n) is 5.23. The number of rotatable bonds is 4. The molecule has 7 nitrogen and oxygen atoms in total. The monoisotopic (exact) mass is 313 g/mol. The molecule has 120 valence electrons. The number of amides is 1. The lowest BCUT2D eigenvalue weighted by Crippen LogP contribution is -2.36. The largest absolute Gasteiger partial charge is 0.378 e. The molecule has 1 aliphatic rings.